The van der Waals surface area contributed by atoms with E-state index >= 15 is 0 Å². The maximum Gasteiger partial charge on any atom is 0.0465 e. The van der Waals surface area contributed by atoms with Crippen molar-refractivity contribution in [3.8, 4) is 0 Å². The lowest BCUT2D eigenvalue weighted by Crippen LogP contribution is -2.08. The van der Waals surface area contributed by atoms with E-state index in [1.807, 2.05) is 0 Å². The van der Waals surface area contributed by atoms with E-state index in [0.29, 0.717) is 0 Å². The minimum atomic E-state index is 0.289. The first-order valence-electron chi connectivity index (χ1n) is 4.77. The molecule has 0 unspecified atom stereocenters. The van der Waals surface area contributed by atoms with Crippen molar-refractivity contribution in [1.82, 2.24) is 0 Å². The van der Waals surface area contributed by atoms with Crippen LogP contribution in [0.1, 0.15) is 25.7 Å². The highest BCUT2D eigenvalue weighted by atomic mass is 32.2. The van der Waals surface area contributed by atoms with Crippen molar-refractivity contribution in [2.45, 2.75) is 25.7 Å². The summed E-state index contributed by atoms with van der Waals surface area (Å²) in [5, 5.41) is 8.55. The van der Waals surface area contributed by atoms with Crippen LogP contribution in [0.5, 0.6) is 0 Å². The van der Waals surface area contributed by atoms with Crippen molar-refractivity contribution >= 4 is 11.8 Å². The molecule has 12 heavy (non-hydrogen) atoms. The second-order valence-corrected chi connectivity index (χ2v) is 4.50. The van der Waals surface area contributed by atoms with Crippen LogP contribution in [0.4, 0.5) is 0 Å². The average Bonchev–Trinajstić information content (AvgIpc) is 2.14. The van der Waals surface area contributed by atoms with E-state index in [4.69, 9.17) is 5.11 Å². The largest absolute Gasteiger partial charge is 0.396 e. The van der Waals surface area contributed by atoms with Crippen molar-refractivity contribution in [2.24, 2.45) is 5.92 Å². The van der Waals surface area contributed by atoms with Gasteiger partial charge < -0.3 is 5.11 Å². The van der Waals surface area contributed by atoms with Gasteiger partial charge in [0.1, 0.15) is 0 Å². The predicted molar refractivity (Wildman–Crippen MR) is 55.5 cm³/mol. The van der Waals surface area contributed by atoms with E-state index < -0.39 is 0 Å². The molecule has 0 aliphatic carbocycles. The van der Waals surface area contributed by atoms with Crippen LogP contribution in [0.2, 0.25) is 0 Å². The van der Waals surface area contributed by atoms with E-state index in [1.165, 1.54) is 30.8 Å². The van der Waals surface area contributed by atoms with Gasteiger partial charge >= 0.3 is 0 Å². The summed E-state index contributed by atoms with van der Waals surface area (Å²) in [6.07, 6.45) is 9.14. The number of thioether (sulfide) groups is 1. The lowest BCUT2D eigenvalue weighted by Gasteiger charge is -2.19. The molecule has 0 amide bonds. The number of allylic oxidation sites excluding steroid dienone is 1. The molecular formula is C10H18OS. The summed E-state index contributed by atoms with van der Waals surface area (Å²) in [5.41, 5.74) is 0. The fourth-order valence-corrected chi connectivity index (χ4v) is 2.67. The van der Waals surface area contributed by atoms with E-state index in [2.05, 4.69) is 23.9 Å². The van der Waals surface area contributed by atoms with Crippen molar-refractivity contribution in [2.75, 3.05) is 18.1 Å². The van der Waals surface area contributed by atoms with E-state index in [0.717, 1.165) is 12.3 Å². The summed E-state index contributed by atoms with van der Waals surface area (Å²) in [6, 6.07) is 0. The summed E-state index contributed by atoms with van der Waals surface area (Å²) >= 11 is 2.08. The Hall–Kier alpha value is 0.0500. The number of hydrogen-bond donors (Lipinski definition) is 1. The van der Waals surface area contributed by atoms with Gasteiger partial charge in [-0.1, -0.05) is 12.2 Å². The second-order valence-electron chi connectivity index (χ2n) is 3.28. The van der Waals surface area contributed by atoms with Crippen LogP contribution in [0, 0.1) is 5.92 Å². The fraction of sp³-hybridized carbons (Fsp3) is 0.800. The highest BCUT2D eigenvalue weighted by Gasteiger charge is 2.11. The maximum atomic E-state index is 8.55. The number of aliphatic hydroxyl groups is 1. The molecule has 70 valence electrons. The summed E-state index contributed by atoms with van der Waals surface area (Å²) < 4.78 is 0. The molecule has 0 radical (unpaired) electrons. The lowest BCUT2D eigenvalue weighted by atomic mass is 9.99. The van der Waals surface area contributed by atoms with Gasteiger partial charge in [-0.25, -0.2) is 0 Å². The number of rotatable bonds is 4. The molecule has 1 fully saturated rings. The average molecular weight is 186 g/mol. The van der Waals surface area contributed by atoms with Crippen LogP contribution >= 0.6 is 11.8 Å². The molecular weight excluding hydrogens is 168 g/mol. The molecule has 1 N–H and O–H groups in total. The first kappa shape index (κ1) is 10.1. The smallest absolute Gasteiger partial charge is 0.0465 e. The minimum Gasteiger partial charge on any atom is -0.396 e. The molecule has 1 heterocycles. The zero-order chi connectivity index (χ0) is 8.65. The van der Waals surface area contributed by atoms with Gasteiger partial charge in [-0.2, -0.15) is 11.8 Å². The van der Waals surface area contributed by atoms with E-state index in [-0.39, 0.29) is 6.61 Å². The molecule has 1 aliphatic heterocycles. The molecule has 0 bridgehead atoms. The third-order valence-electron chi connectivity index (χ3n) is 2.27. The Morgan fingerprint density at radius 2 is 2.00 bits per heavy atom. The summed E-state index contributed by atoms with van der Waals surface area (Å²) in [4.78, 5) is 0. The van der Waals surface area contributed by atoms with E-state index in [9.17, 15) is 0 Å². The van der Waals surface area contributed by atoms with Gasteiger partial charge in [0.15, 0.2) is 0 Å². The topological polar surface area (TPSA) is 20.2 Å². The van der Waals surface area contributed by atoms with E-state index in [1.54, 1.807) is 0 Å². The van der Waals surface area contributed by atoms with Crippen LogP contribution in [-0.4, -0.2) is 23.2 Å². The Bertz CT molecular complexity index is 128. The molecule has 1 nitrogen and oxygen atoms in total. The second kappa shape index (κ2) is 6.55. The van der Waals surface area contributed by atoms with Gasteiger partial charge in [0.25, 0.3) is 0 Å². The Balaban J connectivity index is 2.04. The third kappa shape index (κ3) is 4.17. The fourth-order valence-electron chi connectivity index (χ4n) is 1.46. The predicted octanol–water partition coefficient (Wildman–Crippen LogP) is 2.46. The molecule has 0 saturated carbocycles. The third-order valence-corrected chi connectivity index (χ3v) is 3.32. The zero-order valence-electron chi connectivity index (χ0n) is 7.54. The van der Waals surface area contributed by atoms with Crippen molar-refractivity contribution in [3.63, 3.8) is 0 Å². The highest BCUT2D eigenvalue weighted by molar-refractivity contribution is 7.99. The highest BCUT2D eigenvalue weighted by Crippen LogP contribution is 2.25. The van der Waals surface area contributed by atoms with Crippen LogP contribution in [0.3, 0.4) is 0 Å². The minimum absolute atomic E-state index is 0.289. The normalized spacial score (nSPS) is 20.4. The van der Waals surface area contributed by atoms with Crippen LogP contribution < -0.4 is 0 Å². The Kier molecular flexibility index (Phi) is 5.53. The Labute approximate surface area is 79.2 Å². The lowest BCUT2D eigenvalue weighted by molar-refractivity contribution is 0.302. The summed E-state index contributed by atoms with van der Waals surface area (Å²) in [5.74, 6) is 3.61. The van der Waals surface area contributed by atoms with Crippen molar-refractivity contribution < 1.29 is 5.11 Å². The van der Waals surface area contributed by atoms with Gasteiger partial charge in [-0.3, -0.25) is 0 Å². The van der Waals surface area contributed by atoms with Crippen molar-refractivity contribution in [3.05, 3.63) is 12.2 Å². The quantitative estimate of drug-likeness (QED) is 0.681. The van der Waals surface area contributed by atoms with Gasteiger partial charge in [0, 0.05) is 6.61 Å². The van der Waals surface area contributed by atoms with Gasteiger partial charge in [-0.05, 0) is 43.1 Å². The van der Waals surface area contributed by atoms with Crippen LogP contribution in [0.25, 0.3) is 0 Å². The monoisotopic (exact) mass is 186 g/mol. The number of hydrogen-bond acceptors (Lipinski definition) is 2. The molecule has 0 aromatic rings. The SMILES string of the molecule is OCC/C=C\CC1CCSCC1. The first-order valence-corrected chi connectivity index (χ1v) is 5.92. The van der Waals surface area contributed by atoms with Crippen LogP contribution in [-0.2, 0) is 0 Å². The maximum absolute atomic E-state index is 8.55. The van der Waals surface area contributed by atoms with Crippen molar-refractivity contribution in [1.29, 1.82) is 0 Å². The summed E-state index contributed by atoms with van der Waals surface area (Å²) in [7, 11) is 0. The Morgan fingerprint density at radius 1 is 1.25 bits per heavy atom. The molecule has 1 aliphatic rings. The van der Waals surface area contributed by atoms with Gasteiger partial charge in [0.05, 0.1) is 0 Å². The molecule has 2 heteroatoms. The van der Waals surface area contributed by atoms with Crippen LogP contribution in [0.15, 0.2) is 12.2 Å². The molecule has 1 rings (SSSR count). The molecule has 0 spiro atoms. The Morgan fingerprint density at radius 3 is 2.67 bits per heavy atom. The molecule has 1 saturated heterocycles. The zero-order valence-corrected chi connectivity index (χ0v) is 8.35. The number of aliphatic hydroxyl groups excluding tert-OH is 1. The first-order chi connectivity index (χ1) is 5.93. The standard InChI is InChI=1S/C10H18OS/c11-7-3-1-2-4-10-5-8-12-9-6-10/h1-2,10-11H,3-9H2/b2-1-. The molecule has 0 atom stereocenters. The van der Waals surface area contributed by atoms with Gasteiger partial charge in [-0.15, -0.1) is 0 Å². The van der Waals surface area contributed by atoms with Gasteiger partial charge in [0.2, 0.25) is 0 Å². The molecule has 0 aromatic heterocycles. The molecule has 0 aromatic carbocycles. The summed E-state index contributed by atoms with van der Waals surface area (Å²) in [6.45, 7) is 0.289.